The fourth-order valence-corrected chi connectivity index (χ4v) is 2.10. The molecule has 0 radical (unpaired) electrons. The molecule has 1 amide bonds. The zero-order valence-electron chi connectivity index (χ0n) is 12.2. The van der Waals surface area contributed by atoms with E-state index < -0.39 is 5.82 Å². The Morgan fingerprint density at radius 3 is 2.48 bits per heavy atom. The van der Waals surface area contributed by atoms with Crippen molar-refractivity contribution in [1.82, 2.24) is 4.90 Å². The highest BCUT2D eigenvalue weighted by Gasteiger charge is 2.18. The molecule has 0 unspecified atom stereocenters. The zero-order chi connectivity index (χ0) is 15.2. The summed E-state index contributed by atoms with van der Waals surface area (Å²) in [5, 5.41) is 0. The number of rotatable bonds is 5. The largest absolute Gasteiger partial charge is 0.497 e. The van der Waals surface area contributed by atoms with Crippen molar-refractivity contribution in [3.05, 3.63) is 65.5 Å². The molecule has 0 heterocycles. The molecule has 0 aliphatic rings. The van der Waals surface area contributed by atoms with Gasteiger partial charge in [0.15, 0.2) is 0 Å². The van der Waals surface area contributed by atoms with Crippen molar-refractivity contribution < 1.29 is 13.9 Å². The first kappa shape index (κ1) is 15.0. The topological polar surface area (TPSA) is 29.5 Å². The van der Waals surface area contributed by atoms with E-state index in [-0.39, 0.29) is 11.5 Å². The number of amides is 1. The molecule has 2 aromatic carbocycles. The van der Waals surface area contributed by atoms with Crippen molar-refractivity contribution in [2.24, 2.45) is 0 Å². The summed E-state index contributed by atoms with van der Waals surface area (Å²) < 4.78 is 18.9. The molecule has 0 saturated heterocycles. The average Bonchev–Trinajstić information content (AvgIpc) is 2.52. The van der Waals surface area contributed by atoms with Gasteiger partial charge in [0.2, 0.25) is 0 Å². The van der Waals surface area contributed by atoms with E-state index in [1.165, 1.54) is 19.2 Å². The number of hydrogen-bond acceptors (Lipinski definition) is 2. The van der Waals surface area contributed by atoms with Crippen LogP contribution in [0.1, 0.15) is 22.8 Å². The van der Waals surface area contributed by atoms with Gasteiger partial charge in [-0.1, -0.05) is 30.3 Å². The van der Waals surface area contributed by atoms with E-state index in [1.54, 1.807) is 11.0 Å². The predicted octanol–water partition coefficient (Wildman–Crippen LogP) is 3.50. The van der Waals surface area contributed by atoms with Crippen LogP contribution in [0.2, 0.25) is 0 Å². The second kappa shape index (κ2) is 6.88. The smallest absolute Gasteiger partial charge is 0.257 e. The number of nitrogens with zero attached hydrogens (tertiary/aromatic N) is 1. The summed E-state index contributed by atoms with van der Waals surface area (Å²) in [4.78, 5) is 14.1. The van der Waals surface area contributed by atoms with Gasteiger partial charge in [-0.15, -0.1) is 0 Å². The fraction of sp³-hybridized carbons (Fsp3) is 0.235. The van der Waals surface area contributed by atoms with Crippen LogP contribution in [0, 0.1) is 5.82 Å². The summed E-state index contributed by atoms with van der Waals surface area (Å²) in [6.45, 7) is 2.85. The summed E-state index contributed by atoms with van der Waals surface area (Å²) >= 11 is 0. The second-order valence-corrected chi connectivity index (χ2v) is 4.65. The first-order chi connectivity index (χ1) is 10.2. The number of ether oxygens (including phenoxy) is 1. The van der Waals surface area contributed by atoms with Crippen LogP contribution in [0.15, 0.2) is 48.5 Å². The van der Waals surface area contributed by atoms with Gasteiger partial charge in [0.25, 0.3) is 5.91 Å². The minimum absolute atomic E-state index is 0.0635. The molecular formula is C17H18FNO2. The second-order valence-electron chi connectivity index (χ2n) is 4.65. The Kier molecular flexibility index (Phi) is 4.93. The van der Waals surface area contributed by atoms with Gasteiger partial charge >= 0.3 is 0 Å². The monoisotopic (exact) mass is 287 g/mol. The zero-order valence-corrected chi connectivity index (χ0v) is 12.2. The van der Waals surface area contributed by atoms with Crippen LogP contribution in [-0.4, -0.2) is 24.5 Å². The number of methoxy groups -OCH3 is 1. The molecule has 3 nitrogen and oxygen atoms in total. The summed E-state index contributed by atoms with van der Waals surface area (Å²) in [6.07, 6.45) is 0. The minimum Gasteiger partial charge on any atom is -0.497 e. The normalized spacial score (nSPS) is 10.2. The van der Waals surface area contributed by atoms with Crippen molar-refractivity contribution in [3.8, 4) is 5.75 Å². The van der Waals surface area contributed by atoms with Crippen LogP contribution in [0.4, 0.5) is 4.39 Å². The number of carbonyl (C=O) groups excluding carboxylic acids is 1. The SMILES string of the molecule is CCN(Cc1ccccc1)C(=O)c1ccc(OC)cc1F. The van der Waals surface area contributed by atoms with Crippen LogP contribution in [0.25, 0.3) is 0 Å². The standard InChI is InChI=1S/C17H18FNO2/c1-3-19(12-13-7-5-4-6-8-13)17(20)15-10-9-14(21-2)11-16(15)18/h4-11H,3,12H2,1-2H3. The molecule has 0 aliphatic carbocycles. The summed E-state index contributed by atoms with van der Waals surface area (Å²) in [6, 6.07) is 13.9. The maximum Gasteiger partial charge on any atom is 0.257 e. The van der Waals surface area contributed by atoms with Gasteiger partial charge in [-0.3, -0.25) is 4.79 Å². The lowest BCUT2D eigenvalue weighted by Gasteiger charge is -2.21. The fourth-order valence-electron chi connectivity index (χ4n) is 2.10. The molecule has 4 heteroatoms. The van der Waals surface area contributed by atoms with E-state index in [4.69, 9.17) is 4.74 Å². The van der Waals surface area contributed by atoms with Crippen LogP contribution in [0.5, 0.6) is 5.75 Å². The Balaban J connectivity index is 2.20. The van der Waals surface area contributed by atoms with Crippen molar-refractivity contribution in [1.29, 1.82) is 0 Å². The van der Waals surface area contributed by atoms with E-state index in [1.807, 2.05) is 37.3 Å². The van der Waals surface area contributed by atoms with Gasteiger partial charge in [-0.05, 0) is 24.6 Å². The van der Waals surface area contributed by atoms with Gasteiger partial charge in [0.05, 0.1) is 12.7 Å². The Labute approximate surface area is 124 Å². The summed E-state index contributed by atoms with van der Waals surface area (Å²) in [5.41, 5.74) is 1.08. The van der Waals surface area contributed by atoms with Gasteiger partial charge in [-0.2, -0.15) is 0 Å². The van der Waals surface area contributed by atoms with E-state index in [0.29, 0.717) is 18.8 Å². The van der Waals surface area contributed by atoms with Crippen LogP contribution >= 0.6 is 0 Å². The molecule has 0 atom stereocenters. The van der Waals surface area contributed by atoms with Crippen LogP contribution in [-0.2, 0) is 6.54 Å². The molecule has 0 N–H and O–H groups in total. The molecule has 0 saturated carbocycles. The lowest BCUT2D eigenvalue weighted by atomic mass is 10.1. The first-order valence-corrected chi connectivity index (χ1v) is 6.82. The molecule has 21 heavy (non-hydrogen) atoms. The Morgan fingerprint density at radius 1 is 1.19 bits per heavy atom. The van der Waals surface area contributed by atoms with Gasteiger partial charge < -0.3 is 9.64 Å². The average molecular weight is 287 g/mol. The van der Waals surface area contributed by atoms with Crippen LogP contribution < -0.4 is 4.74 Å². The maximum absolute atomic E-state index is 14.0. The predicted molar refractivity (Wildman–Crippen MR) is 79.8 cm³/mol. The quantitative estimate of drug-likeness (QED) is 0.842. The molecule has 0 fully saturated rings. The van der Waals surface area contributed by atoms with Gasteiger partial charge in [0.1, 0.15) is 11.6 Å². The van der Waals surface area contributed by atoms with Gasteiger partial charge in [0, 0.05) is 19.2 Å². The molecule has 2 rings (SSSR count). The van der Waals surface area contributed by atoms with E-state index in [9.17, 15) is 9.18 Å². The number of halogens is 1. The Bertz CT molecular complexity index is 613. The van der Waals surface area contributed by atoms with Crippen molar-refractivity contribution in [2.75, 3.05) is 13.7 Å². The number of benzene rings is 2. The van der Waals surface area contributed by atoms with E-state index in [2.05, 4.69) is 0 Å². The maximum atomic E-state index is 14.0. The lowest BCUT2D eigenvalue weighted by Crippen LogP contribution is -2.31. The lowest BCUT2D eigenvalue weighted by molar-refractivity contribution is 0.0748. The third-order valence-electron chi connectivity index (χ3n) is 3.29. The molecule has 110 valence electrons. The molecule has 0 spiro atoms. The molecule has 0 bridgehead atoms. The highest BCUT2D eigenvalue weighted by molar-refractivity contribution is 5.94. The van der Waals surface area contributed by atoms with Crippen molar-refractivity contribution >= 4 is 5.91 Å². The Morgan fingerprint density at radius 2 is 1.90 bits per heavy atom. The highest BCUT2D eigenvalue weighted by Crippen LogP contribution is 2.18. The van der Waals surface area contributed by atoms with Crippen molar-refractivity contribution in [2.45, 2.75) is 13.5 Å². The molecule has 2 aromatic rings. The molecular weight excluding hydrogens is 269 g/mol. The first-order valence-electron chi connectivity index (χ1n) is 6.82. The third-order valence-corrected chi connectivity index (χ3v) is 3.29. The minimum atomic E-state index is -0.564. The van der Waals surface area contributed by atoms with Gasteiger partial charge in [-0.25, -0.2) is 4.39 Å². The summed E-state index contributed by atoms with van der Waals surface area (Å²) in [7, 11) is 1.46. The van der Waals surface area contributed by atoms with E-state index in [0.717, 1.165) is 5.56 Å². The highest BCUT2D eigenvalue weighted by atomic mass is 19.1. The third kappa shape index (κ3) is 3.60. The van der Waals surface area contributed by atoms with E-state index >= 15 is 0 Å². The number of carbonyl (C=O) groups is 1. The van der Waals surface area contributed by atoms with Crippen LogP contribution in [0.3, 0.4) is 0 Å². The Hall–Kier alpha value is -2.36. The molecule has 0 aromatic heterocycles. The number of hydrogen-bond donors (Lipinski definition) is 0. The molecule has 0 aliphatic heterocycles. The summed E-state index contributed by atoms with van der Waals surface area (Å²) in [5.74, 6) is -0.484. The van der Waals surface area contributed by atoms with Crippen molar-refractivity contribution in [3.63, 3.8) is 0 Å².